The van der Waals surface area contributed by atoms with Gasteiger partial charge in [0.05, 0.1) is 5.69 Å². The highest BCUT2D eigenvalue weighted by atomic mass is 19.3. The van der Waals surface area contributed by atoms with E-state index in [1.54, 1.807) is 6.92 Å². The number of amides is 1. The number of aromatic nitrogens is 2. The van der Waals surface area contributed by atoms with E-state index in [9.17, 15) is 13.6 Å². The first kappa shape index (κ1) is 13.6. The molecule has 6 heteroatoms. The Morgan fingerprint density at radius 1 is 1.53 bits per heavy atom. The van der Waals surface area contributed by atoms with Gasteiger partial charge >= 0.3 is 0 Å². The number of rotatable bonds is 5. The monoisotopic (exact) mass is 245 g/mol. The maximum absolute atomic E-state index is 12.6. The van der Waals surface area contributed by atoms with Crippen molar-refractivity contribution >= 4 is 5.91 Å². The summed E-state index contributed by atoms with van der Waals surface area (Å²) in [6, 6.07) is 1.29. The van der Waals surface area contributed by atoms with Crippen LogP contribution in [-0.4, -0.2) is 22.2 Å². The van der Waals surface area contributed by atoms with Gasteiger partial charge in [-0.15, -0.1) is 0 Å². The molecule has 1 aromatic rings. The Kier molecular flexibility index (Phi) is 4.60. The molecule has 0 atom stereocenters. The molecule has 0 aliphatic rings. The molecule has 1 aromatic heterocycles. The topological polar surface area (TPSA) is 46.9 Å². The van der Waals surface area contributed by atoms with Gasteiger partial charge in [-0.2, -0.15) is 5.10 Å². The smallest absolute Gasteiger partial charge is 0.280 e. The van der Waals surface area contributed by atoms with Crippen LogP contribution in [0.4, 0.5) is 8.78 Å². The summed E-state index contributed by atoms with van der Waals surface area (Å²) in [7, 11) is 0. The highest BCUT2D eigenvalue weighted by Crippen LogP contribution is 2.19. The van der Waals surface area contributed by atoms with Crippen molar-refractivity contribution in [3.05, 3.63) is 17.5 Å². The Morgan fingerprint density at radius 3 is 2.71 bits per heavy atom. The van der Waals surface area contributed by atoms with Crippen molar-refractivity contribution < 1.29 is 13.6 Å². The van der Waals surface area contributed by atoms with Gasteiger partial charge in [-0.25, -0.2) is 8.78 Å². The van der Waals surface area contributed by atoms with Crippen molar-refractivity contribution in [3.63, 3.8) is 0 Å². The first-order valence-corrected chi connectivity index (χ1v) is 5.49. The standard InChI is InChI=1S/C11H17F2N3O/c1-7(2)5-14-10(17)6-16-9(11(12)13)4-8(3)15-16/h4,7,11H,5-6H2,1-3H3,(H,14,17). The van der Waals surface area contributed by atoms with E-state index < -0.39 is 6.43 Å². The van der Waals surface area contributed by atoms with Crippen molar-refractivity contribution in [3.8, 4) is 0 Å². The zero-order chi connectivity index (χ0) is 13.0. The summed E-state index contributed by atoms with van der Waals surface area (Å²) in [4.78, 5) is 11.5. The van der Waals surface area contributed by atoms with E-state index in [1.165, 1.54) is 6.07 Å². The summed E-state index contributed by atoms with van der Waals surface area (Å²) in [5.41, 5.74) is 0.263. The van der Waals surface area contributed by atoms with Gasteiger partial charge in [0.2, 0.25) is 5.91 Å². The van der Waals surface area contributed by atoms with Crippen LogP contribution in [0.15, 0.2) is 6.07 Å². The van der Waals surface area contributed by atoms with E-state index in [0.29, 0.717) is 18.2 Å². The van der Waals surface area contributed by atoms with Gasteiger partial charge in [0.15, 0.2) is 0 Å². The molecule has 0 spiro atoms. The predicted molar refractivity (Wildman–Crippen MR) is 59.8 cm³/mol. The fraction of sp³-hybridized carbons (Fsp3) is 0.636. The Hall–Kier alpha value is -1.46. The van der Waals surface area contributed by atoms with Crippen molar-refractivity contribution in [1.82, 2.24) is 15.1 Å². The van der Waals surface area contributed by atoms with Crippen LogP contribution in [-0.2, 0) is 11.3 Å². The first-order chi connectivity index (χ1) is 7.90. The number of nitrogens with zero attached hydrogens (tertiary/aromatic N) is 2. The molecular weight excluding hydrogens is 228 g/mol. The first-order valence-electron chi connectivity index (χ1n) is 5.49. The highest BCUT2D eigenvalue weighted by Gasteiger charge is 2.17. The van der Waals surface area contributed by atoms with E-state index in [4.69, 9.17) is 0 Å². The van der Waals surface area contributed by atoms with Crippen LogP contribution in [0.5, 0.6) is 0 Å². The van der Waals surface area contributed by atoms with E-state index >= 15 is 0 Å². The maximum atomic E-state index is 12.6. The molecule has 0 aliphatic heterocycles. The van der Waals surface area contributed by atoms with Gasteiger partial charge in [0.25, 0.3) is 6.43 Å². The predicted octanol–water partition coefficient (Wildman–Crippen LogP) is 1.90. The van der Waals surface area contributed by atoms with Crippen molar-refractivity contribution in [2.24, 2.45) is 5.92 Å². The van der Waals surface area contributed by atoms with Gasteiger partial charge < -0.3 is 5.32 Å². The minimum atomic E-state index is -2.62. The van der Waals surface area contributed by atoms with Gasteiger partial charge in [0.1, 0.15) is 12.2 Å². The third kappa shape index (κ3) is 4.13. The summed E-state index contributed by atoms with van der Waals surface area (Å²) >= 11 is 0. The number of aryl methyl sites for hydroxylation is 1. The summed E-state index contributed by atoms with van der Waals surface area (Å²) in [6.45, 7) is 5.91. The zero-order valence-electron chi connectivity index (χ0n) is 10.2. The Bertz CT molecular complexity index is 388. The van der Waals surface area contributed by atoms with Crippen LogP contribution in [0, 0.1) is 12.8 Å². The normalized spacial score (nSPS) is 11.2. The molecule has 4 nitrogen and oxygen atoms in total. The molecule has 1 rings (SSSR count). The third-order valence-corrected chi connectivity index (χ3v) is 2.16. The van der Waals surface area contributed by atoms with Gasteiger partial charge in [-0.05, 0) is 18.9 Å². The number of carbonyl (C=O) groups is 1. The van der Waals surface area contributed by atoms with E-state index in [1.807, 2.05) is 13.8 Å². The molecule has 0 radical (unpaired) electrons. The molecule has 0 aliphatic carbocycles. The average molecular weight is 245 g/mol. The number of nitrogens with one attached hydrogen (secondary N) is 1. The number of carbonyl (C=O) groups excluding carboxylic acids is 1. The molecule has 0 saturated heterocycles. The quantitative estimate of drug-likeness (QED) is 0.861. The molecule has 0 unspecified atom stereocenters. The molecule has 1 amide bonds. The largest absolute Gasteiger partial charge is 0.354 e. The van der Waals surface area contributed by atoms with E-state index in [-0.39, 0.29) is 18.1 Å². The summed E-state index contributed by atoms with van der Waals surface area (Å²) in [6.07, 6.45) is -2.62. The van der Waals surface area contributed by atoms with Crippen molar-refractivity contribution in [1.29, 1.82) is 0 Å². The van der Waals surface area contributed by atoms with Crippen molar-refractivity contribution in [2.75, 3.05) is 6.54 Å². The molecule has 0 aromatic carbocycles. The van der Waals surface area contributed by atoms with Crippen LogP contribution in [0.3, 0.4) is 0 Å². The van der Waals surface area contributed by atoms with Crippen molar-refractivity contribution in [2.45, 2.75) is 33.7 Å². The molecule has 96 valence electrons. The number of halogens is 2. The average Bonchev–Trinajstić information content (AvgIpc) is 2.56. The molecule has 0 saturated carbocycles. The zero-order valence-corrected chi connectivity index (χ0v) is 10.2. The molecule has 17 heavy (non-hydrogen) atoms. The second kappa shape index (κ2) is 5.75. The molecule has 0 bridgehead atoms. The van der Waals surface area contributed by atoms with Crippen LogP contribution in [0.2, 0.25) is 0 Å². The SMILES string of the molecule is Cc1cc(C(F)F)n(CC(=O)NCC(C)C)n1. The lowest BCUT2D eigenvalue weighted by Crippen LogP contribution is -2.31. The third-order valence-electron chi connectivity index (χ3n) is 2.16. The Labute approximate surface area is 99.0 Å². The van der Waals surface area contributed by atoms with Crippen LogP contribution in [0.1, 0.15) is 31.7 Å². The van der Waals surface area contributed by atoms with Crippen LogP contribution in [0.25, 0.3) is 0 Å². The van der Waals surface area contributed by atoms with Gasteiger partial charge in [0, 0.05) is 6.54 Å². The fourth-order valence-corrected chi connectivity index (χ4v) is 1.38. The fourth-order valence-electron chi connectivity index (χ4n) is 1.38. The van der Waals surface area contributed by atoms with Crippen LogP contribution < -0.4 is 5.32 Å². The molecule has 0 fully saturated rings. The maximum Gasteiger partial charge on any atom is 0.280 e. The van der Waals surface area contributed by atoms with E-state index in [2.05, 4.69) is 10.4 Å². The summed E-state index contributed by atoms with van der Waals surface area (Å²) in [5.74, 6) is 0.0246. The molecule has 1 heterocycles. The minimum absolute atomic E-state index is 0.166. The number of hydrogen-bond donors (Lipinski definition) is 1. The second-order valence-electron chi connectivity index (χ2n) is 4.37. The van der Waals surface area contributed by atoms with Gasteiger partial charge in [-0.3, -0.25) is 9.48 Å². The summed E-state index contributed by atoms with van der Waals surface area (Å²) < 4.78 is 26.3. The lowest BCUT2D eigenvalue weighted by atomic mass is 10.2. The van der Waals surface area contributed by atoms with Gasteiger partial charge in [-0.1, -0.05) is 13.8 Å². The molecule has 1 N–H and O–H groups in total. The number of alkyl halides is 2. The highest BCUT2D eigenvalue weighted by molar-refractivity contribution is 5.75. The minimum Gasteiger partial charge on any atom is -0.354 e. The Morgan fingerprint density at radius 2 is 2.18 bits per heavy atom. The Balaban J connectivity index is 2.64. The number of hydrogen-bond acceptors (Lipinski definition) is 2. The van der Waals surface area contributed by atoms with Crippen LogP contribution >= 0.6 is 0 Å². The lowest BCUT2D eigenvalue weighted by molar-refractivity contribution is -0.122. The van der Waals surface area contributed by atoms with E-state index in [0.717, 1.165) is 4.68 Å². The lowest BCUT2D eigenvalue weighted by Gasteiger charge is -2.09. The summed E-state index contributed by atoms with van der Waals surface area (Å²) in [5, 5.41) is 6.54. The molecular formula is C11H17F2N3O. The second-order valence-corrected chi connectivity index (χ2v) is 4.37.